The minimum absolute atomic E-state index is 0.227. The van der Waals surface area contributed by atoms with Crippen LogP contribution in [0.3, 0.4) is 0 Å². The average Bonchev–Trinajstić information content (AvgIpc) is 2.59. The van der Waals surface area contributed by atoms with Gasteiger partial charge in [0, 0.05) is 31.6 Å². The fourth-order valence-corrected chi connectivity index (χ4v) is 3.71. The third kappa shape index (κ3) is 4.73. The van der Waals surface area contributed by atoms with Gasteiger partial charge in [-0.1, -0.05) is 36.8 Å². The van der Waals surface area contributed by atoms with E-state index >= 15 is 0 Å². The molecule has 0 amide bonds. The van der Waals surface area contributed by atoms with E-state index in [1.807, 2.05) is 0 Å². The molecule has 2 N–H and O–H groups in total. The molecule has 0 aromatic heterocycles. The second-order valence-corrected chi connectivity index (χ2v) is 7.33. The molecule has 25 heavy (non-hydrogen) atoms. The minimum atomic E-state index is 0.227. The molecule has 5 nitrogen and oxygen atoms in total. The molecule has 0 radical (unpaired) electrons. The van der Waals surface area contributed by atoms with Crippen molar-refractivity contribution in [3.63, 3.8) is 0 Å². The second kappa shape index (κ2) is 8.68. The first-order chi connectivity index (χ1) is 12.2. The van der Waals surface area contributed by atoms with E-state index < -0.39 is 0 Å². The van der Waals surface area contributed by atoms with E-state index in [-0.39, 0.29) is 11.5 Å². The van der Waals surface area contributed by atoms with Crippen molar-refractivity contribution >= 4 is 5.96 Å². The van der Waals surface area contributed by atoms with Crippen LogP contribution in [0.1, 0.15) is 31.7 Å². The van der Waals surface area contributed by atoms with Gasteiger partial charge in [0.15, 0.2) is 5.96 Å². The normalized spacial score (nSPS) is 23.8. The van der Waals surface area contributed by atoms with E-state index in [0.29, 0.717) is 0 Å². The summed E-state index contributed by atoms with van der Waals surface area (Å²) in [5.74, 6) is 0.904. The molecule has 0 spiro atoms. The molecule has 1 saturated carbocycles. The van der Waals surface area contributed by atoms with E-state index in [4.69, 9.17) is 9.73 Å². The molecule has 1 aromatic carbocycles. The summed E-state index contributed by atoms with van der Waals surface area (Å²) in [6, 6.07) is 10.9. The monoisotopic (exact) mass is 344 g/mol. The van der Waals surface area contributed by atoms with Crippen LogP contribution in [0.4, 0.5) is 0 Å². The van der Waals surface area contributed by atoms with Gasteiger partial charge in [0.1, 0.15) is 0 Å². The number of hydrogen-bond acceptors (Lipinski definition) is 3. The number of guanidine groups is 1. The topological polar surface area (TPSA) is 48.9 Å². The van der Waals surface area contributed by atoms with Gasteiger partial charge in [-0.15, -0.1) is 0 Å². The van der Waals surface area contributed by atoms with Gasteiger partial charge in [0.2, 0.25) is 0 Å². The van der Waals surface area contributed by atoms with E-state index in [0.717, 1.165) is 45.3 Å². The molecule has 1 aromatic rings. The van der Waals surface area contributed by atoms with Crippen molar-refractivity contribution in [1.29, 1.82) is 0 Å². The maximum Gasteiger partial charge on any atom is 0.191 e. The summed E-state index contributed by atoms with van der Waals surface area (Å²) in [5.41, 5.74) is 1.66. The van der Waals surface area contributed by atoms with Crippen LogP contribution in [0.2, 0.25) is 0 Å². The summed E-state index contributed by atoms with van der Waals surface area (Å²) < 4.78 is 5.84. The number of nitrogens with zero attached hydrogens (tertiary/aromatic N) is 2. The first-order valence-electron chi connectivity index (χ1n) is 9.60. The Morgan fingerprint density at radius 1 is 1.28 bits per heavy atom. The van der Waals surface area contributed by atoms with E-state index in [1.54, 1.807) is 0 Å². The van der Waals surface area contributed by atoms with Crippen molar-refractivity contribution in [2.24, 2.45) is 4.99 Å². The van der Waals surface area contributed by atoms with Crippen molar-refractivity contribution in [1.82, 2.24) is 15.5 Å². The summed E-state index contributed by atoms with van der Waals surface area (Å²) in [4.78, 5) is 7.23. The number of aliphatic imine (C=N–C) groups is 1. The van der Waals surface area contributed by atoms with Crippen LogP contribution in [-0.4, -0.2) is 63.3 Å². The number of morpholine rings is 1. The molecule has 2 aliphatic rings. The van der Waals surface area contributed by atoms with Crippen molar-refractivity contribution in [2.45, 2.75) is 37.7 Å². The smallest absolute Gasteiger partial charge is 0.191 e. The summed E-state index contributed by atoms with van der Waals surface area (Å²) in [5, 5.41) is 6.85. The quantitative estimate of drug-likeness (QED) is 0.612. The summed E-state index contributed by atoms with van der Waals surface area (Å²) in [6.45, 7) is 7.43. The van der Waals surface area contributed by atoms with Gasteiger partial charge in [0.05, 0.1) is 19.3 Å². The van der Waals surface area contributed by atoms with E-state index in [2.05, 4.69) is 59.8 Å². The Hall–Kier alpha value is -1.59. The standard InChI is InChI=1S/C20H32N4O/c1-3-21-19(22-14-18-15-24(2)12-13-25-18)23-16-20(10-7-11-20)17-8-5-4-6-9-17/h4-6,8-9,18H,3,7,10-16H2,1-2H3,(H2,21,22,23). The van der Waals surface area contributed by atoms with Gasteiger partial charge in [0.25, 0.3) is 0 Å². The first kappa shape index (κ1) is 18.2. The molecule has 1 aliphatic carbocycles. The molecular weight excluding hydrogens is 312 g/mol. The number of rotatable bonds is 6. The molecule has 1 aliphatic heterocycles. The Morgan fingerprint density at radius 2 is 2.08 bits per heavy atom. The third-order valence-electron chi connectivity index (χ3n) is 5.42. The van der Waals surface area contributed by atoms with Gasteiger partial charge in [-0.05, 0) is 32.4 Å². The molecule has 1 heterocycles. The summed E-state index contributed by atoms with van der Waals surface area (Å²) in [7, 11) is 2.15. The van der Waals surface area contributed by atoms with Crippen LogP contribution in [0.5, 0.6) is 0 Å². The highest BCUT2D eigenvalue weighted by Gasteiger charge is 2.38. The lowest BCUT2D eigenvalue weighted by Gasteiger charge is -2.41. The Kier molecular flexibility index (Phi) is 6.32. The van der Waals surface area contributed by atoms with Crippen molar-refractivity contribution in [2.75, 3.05) is 46.4 Å². The molecule has 138 valence electrons. The maximum atomic E-state index is 5.84. The Morgan fingerprint density at radius 3 is 2.72 bits per heavy atom. The Labute approximate surface area is 151 Å². The number of benzene rings is 1. The molecule has 3 rings (SSSR count). The molecule has 2 fully saturated rings. The minimum Gasteiger partial charge on any atom is -0.374 e. The number of hydrogen-bond donors (Lipinski definition) is 2. The van der Waals surface area contributed by atoms with E-state index in [9.17, 15) is 0 Å². The van der Waals surface area contributed by atoms with Crippen LogP contribution >= 0.6 is 0 Å². The Balaban J connectivity index is 1.59. The van der Waals surface area contributed by atoms with Crippen LogP contribution < -0.4 is 10.6 Å². The highest BCUT2D eigenvalue weighted by atomic mass is 16.5. The van der Waals surface area contributed by atoms with Crippen LogP contribution in [0.15, 0.2) is 35.3 Å². The predicted molar refractivity (Wildman–Crippen MR) is 103 cm³/mol. The highest BCUT2D eigenvalue weighted by Crippen LogP contribution is 2.43. The van der Waals surface area contributed by atoms with Gasteiger partial charge in [-0.2, -0.15) is 0 Å². The lowest BCUT2D eigenvalue weighted by atomic mass is 9.64. The van der Waals surface area contributed by atoms with Crippen LogP contribution in [0.25, 0.3) is 0 Å². The molecule has 5 heteroatoms. The van der Waals surface area contributed by atoms with Crippen molar-refractivity contribution < 1.29 is 4.74 Å². The Bertz CT molecular complexity index is 556. The zero-order chi connectivity index (χ0) is 17.5. The molecule has 1 unspecified atom stereocenters. The van der Waals surface area contributed by atoms with Crippen LogP contribution in [0, 0.1) is 0 Å². The lowest BCUT2D eigenvalue weighted by Crippen LogP contribution is -2.49. The van der Waals surface area contributed by atoms with Gasteiger partial charge < -0.3 is 20.3 Å². The number of nitrogens with one attached hydrogen (secondary N) is 2. The number of likely N-dealkylation sites (N-methyl/N-ethyl adjacent to an activating group) is 1. The van der Waals surface area contributed by atoms with E-state index in [1.165, 1.54) is 24.8 Å². The maximum absolute atomic E-state index is 5.84. The third-order valence-corrected chi connectivity index (χ3v) is 5.42. The fourth-order valence-electron chi connectivity index (χ4n) is 3.71. The summed E-state index contributed by atoms with van der Waals surface area (Å²) >= 11 is 0. The van der Waals surface area contributed by atoms with Crippen LogP contribution in [-0.2, 0) is 10.2 Å². The molecular formula is C20H32N4O. The summed E-state index contributed by atoms with van der Waals surface area (Å²) in [6.07, 6.45) is 4.00. The molecule has 1 saturated heterocycles. The van der Waals surface area contributed by atoms with Gasteiger partial charge in [-0.25, -0.2) is 0 Å². The van der Waals surface area contributed by atoms with Crippen molar-refractivity contribution in [3.05, 3.63) is 35.9 Å². The number of ether oxygens (including phenoxy) is 1. The second-order valence-electron chi connectivity index (χ2n) is 7.33. The average molecular weight is 345 g/mol. The predicted octanol–water partition coefficient (Wildman–Crippen LogP) is 1.99. The highest BCUT2D eigenvalue weighted by molar-refractivity contribution is 5.79. The largest absolute Gasteiger partial charge is 0.374 e. The first-order valence-corrected chi connectivity index (χ1v) is 9.60. The zero-order valence-corrected chi connectivity index (χ0v) is 15.6. The lowest BCUT2D eigenvalue weighted by molar-refractivity contribution is -0.0161. The molecule has 0 bridgehead atoms. The van der Waals surface area contributed by atoms with Gasteiger partial charge >= 0.3 is 0 Å². The van der Waals surface area contributed by atoms with Gasteiger partial charge in [-0.3, -0.25) is 4.99 Å². The fraction of sp³-hybridized carbons (Fsp3) is 0.650. The zero-order valence-electron chi connectivity index (χ0n) is 15.6. The SMILES string of the molecule is CCNC(=NCC1(c2ccccc2)CCC1)NCC1CN(C)CCO1. The molecule has 1 atom stereocenters. The van der Waals surface area contributed by atoms with Crippen molar-refractivity contribution in [3.8, 4) is 0 Å².